The molecule has 0 saturated heterocycles. The van der Waals surface area contributed by atoms with Gasteiger partial charge in [0.05, 0.1) is 12.2 Å². The van der Waals surface area contributed by atoms with Crippen LogP contribution in [-0.2, 0) is 13.0 Å². The molecule has 0 bridgehead atoms. The van der Waals surface area contributed by atoms with Crippen LogP contribution in [0.15, 0.2) is 48.8 Å². The van der Waals surface area contributed by atoms with Crippen molar-refractivity contribution < 1.29 is 18.0 Å². The standard InChI is InChI=1S/C23H24F3N5O/c1-3-15-6-8-17(9-7-15)19-10-20(23(24,25)26)31-21(30-19)18(13-29-31)22(32)28-12-16-5-4-14(2)27-11-16/h4-9,11,13,19-20,30H,3,10,12H2,1-2H3,(H,28,32). The van der Waals surface area contributed by atoms with Crippen LogP contribution in [0, 0.1) is 6.92 Å². The summed E-state index contributed by atoms with van der Waals surface area (Å²) in [6.07, 6.45) is -1.02. The maximum absolute atomic E-state index is 13.8. The van der Waals surface area contributed by atoms with Crippen molar-refractivity contribution in [2.45, 2.75) is 51.5 Å². The fourth-order valence-electron chi connectivity index (χ4n) is 3.81. The quantitative estimate of drug-likeness (QED) is 0.598. The number of pyridine rings is 1. The number of amides is 1. The van der Waals surface area contributed by atoms with Crippen LogP contribution in [0.1, 0.15) is 58.2 Å². The molecule has 1 aromatic carbocycles. The monoisotopic (exact) mass is 443 g/mol. The third-order valence-corrected chi connectivity index (χ3v) is 5.70. The summed E-state index contributed by atoms with van der Waals surface area (Å²) in [5.74, 6) is -0.426. The van der Waals surface area contributed by atoms with Crippen LogP contribution in [0.4, 0.5) is 19.0 Å². The number of anilines is 1. The SMILES string of the molecule is CCc1ccc(C2CC(C(F)(F)F)n3ncc(C(=O)NCc4ccc(C)nc4)c3N2)cc1. The van der Waals surface area contributed by atoms with E-state index in [9.17, 15) is 18.0 Å². The summed E-state index contributed by atoms with van der Waals surface area (Å²) in [5, 5.41) is 9.76. The summed E-state index contributed by atoms with van der Waals surface area (Å²) >= 11 is 0. The van der Waals surface area contributed by atoms with Crippen molar-refractivity contribution in [3.05, 3.63) is 76.7 Å². The van der Waals surface area contributed by atoms with E-state index in [2.05, 4.69) is 20.7 Å². The first-order valence-corrected chi connectivity index (χ1v) is 10.5. The number of aryl methyl sites for hydroxylation is 2. The second-order valence-electron chi connectivity index (χ2n) is 7.93. The van der Waals surface area contributed by atoms with E-state index >= 15 is 0 Å². The first-order valence-electron chi connectivity index (χ1n) is 10.5. The van der Waals surface area contributed by atoms with Gasteiger partial charge in [-0.15, -0.1) is 0 Å². The molecule has 6 nitrogen and oxygen atoms in total. The molecule has 9 heteroatoms. The number of aromatic nitrogens is 3. The number of benzene rings is 1. The van der Waals surface area contributed by atoms with E-state index in [-0.39, 0.29) is 24.3 Å². The van der Waals surface area contributed by atoms with Crippen molar-refractivity contribution in [1.29, 1.82) is 0 Å². The molecule has 2 aromatic heterocycles. The van der Waals surface area contributed by atoms with E-state index in [0.29, 0.717) is 0 Å². The predicted octanol–water partition coefficient (Wildman–Crippen LogP) is 4.74. The van der Waals surface area contributed by atoms with Crippen molar-refractivity contribution in [3.8, 4) is 0 Å². The molecule has 1 aliphatic rings. The third-order valence-electron chi connectivity index (χ3n) is 5.70. The molecule has 2 unspecified atom stereocenters. The van der Waals surface area contributed by atoms with Crippen LogP contribution in [-0.4, -0.2) is 26.8 Å². The van der Waals surface area contributed by atoms with Crippen molar-refractivity contribution in [3.63, 3.8) is 0 Å². The molecule has 2 atom stereocenters. The van der Waals surface area contributed by atoms with Crippen molar-refractivity contribution in [1.82, 2.24) is 20.1 Å². The van der Waals surface area contributed by atoms with Gasteiger partial charge in [0, 0.05) is 24.9 Å². The predicted molar refractivity (Wildman–Crippen MR) is 114 cm³/mol. The zero-order valence-corrected chi connectivity index (χ0v) is 17.8. The molecule has 32 heavy (non-hydrogen) atoms. The van der Waals surface area contributed by atoms with E-state index in [4.69, 9.17) is 0 Å². The number of halogens is 3. The second-order valence-corrected chi connectivity index (χ2v) is 7.93. The lowest BCUT2D eigenvalue weighted by molar-refractivity contribution is -0.173. The van der Waals surface area contributed by atoms with Crippen molar-refractivity contribution >= 4 is 11.7 Å². The topological polar surface area (TPSA) is 71.8 Å². The number of fused-ring (bicyclic) bond motifs is 1. The Morgan fingerprint density at radius 1 is 1.16 bits per heavy atom. The fourth-order valence-corrected chi connectivity index (χ4v) is 3.81. The molecule has 0 aliphatic carbocycles. The molecule has 0 fully saturated rings. The smallest absolute Gasteiger partial charge is 0.363 e. The van der Waals surface area contributed by atoms with Gasteiger partial charge in [-0.1, -0.05) is 37.3 Å². The molecule has 0 saturated carbocycles. The zero-order chi connectivity index (χ0) is 22.9. The Kier molecular flexibility index (Phi) is 5.90. The second kappa shape index (κ2) is 8.64. The molecule has 0 radical (unpaired) electrons. The minimum absolute atomic E-state index is 0.0719. The number of hydrogen-bond donors (Lipinski definition) is 2. The summed E-state index contributed by atoms with van der Waals surface area (Å²) < 4.78 is 42.4. The number of nitrogens with zero attached hydrogens (tertiary/aromatic N) is 3. The third kappa shape index (κ3) is 4.46. The Balaban J connectivity index is 1.60. The van der Waals surface area contributed by atoms with Crippen LogP contribution >= 0.6 is 0 Å². The van der Waals surface area contributed by atoms with E-state index in [1.807, 2.05) is 50.2 Å². The van der Waals surface area contributed by atoms with Gasteiger partial charge in [0.2, 0.25) is 0 Å². The minimum Gasteiger partial charge on any atom is -0.363 e. The summed E-state index contributed by atoms with van der Waals surface area (Å²) in [6.45, 7) is 4.08. The van der Waals surface area contributed by atoms with Crippen molar-refractivity contribution in [2.24, 2.45) is 0 Å². The molecule has 3 aromatic rings. The van der Waals surface area contributed by atoms with Crippen LogP contribution in [0.5, 0.6) is 0 Å². The summed E-state index contributed by atoms with van der Waals surface area (Å²) in [4.78, 5) is 17.0. The molecule has 1 amide bonds. The molecule has 0 spiro atoms. The van der Waals surface area contributed by atoms with E-state index < -0.39 is 24.2 Å². The minimum atomic E-state index is -4.49. The molecule has 4 rings (SSSR count). The largest absolute Gasteiger partial charge is 0.410 e. The molecule has 2 N–H and O–H groups in total. The van der Waals surface area contributed by atoms with Gasteiger partial charge in [0.25, 0.3) is 5.91 Å². The van der Waals surface area contributed by atoms with Gasteiger partial charge in [-0.2, -0.15) is 18.3 Å². The van der Waals surface area contributed by atoms with Gasteiger partial charge >= 0.3 is 6.18 Å². The molecular weight excluding hydrogens is 419 g/mol. The fraction of sp³-hybridized carbons (Fsp3) is 0.348. The number of nitrogens with one attached hydrogen (secondary N) is 2. The number of carbonyl (C=O) groups is 1. The van der Waals surface area contributed by atoms with Gasteiger partial charge in [0.15, 0.2) is 6.04 Å². The Morgan fingerprint density at radius 3 is 2.50 bits per heavy atom. The molecule has 3 heterocycles. The summed E-state index contributed by atoms with van der Waals surface area (Å²) in [5.41, 5.74) is 3.56. The first-order chi connectivity index (χ1) is 15.3. The first kappa shape index (κ1) is 21.9. The highest BCUT2D eigenvalue weighted by atomic mass is 19.4. The van der Waals surface area contributed by atoms with E-state index in [0.717, 1.165) is 33.5 Å². The van der Waals surface area contributed by atoms with Gasteiger partial charge in [-0.25, -0.2) is 4.68 Å². The lowest BCUT2D eigenvalue weighted by Gasteiger charge is -2.34. The Labute approximate surface area is 183 Å². The normalized spacial score (nSPS) is 18.0. The van der Waals surface area contributed by atoms with E-state index in [1.165, 1.54) is 6.20 Å². The van der Waals surface area contributed by atoms with Gasteiger partial charge in [-0.3, -0.25) is 9.78 Å². The maximum atomic E-state index is 13.8. The Hall–Kier alpha value is -3.36. The number of alkyl halides is 3. The average molecular weight is 443 g/mol. The molecular formula is C23H24F3N5O. The summed E-state index contributed by atoms with van der Waals surface area (Å²) in [6, 6.07) is 8.74. The van der Waals surface area contributed by atoms with Gasteiger partial charge < -0.3 is 10.6 Å². The van der Waals surface area contributed by atoms with Crippen LogP contribution in [0.25, 0.3) is 0 Å². The van der Waals surface area contributed by atoms with Gasteiger partial charge in [0.1, 0.15) is 11.4 Å². The number of rotatable bonds is 5. The number of carbonyl (C=O) groups excluding carboxylic acids is 1. The van der Waals surface area contributed by atoms with E-state index in [1.54, 1.807) is 6.20 Å². The lowest BCUT2D eigenvalue weighted by atomic mass is 9.95. The van der Waals surface area contributed by atoms with Gasteiger partial charge in [-0.05, 0) is 36.1 Å². The van der Waals surface area contributed by atoms with Crippen LogP contribution in [0.3, 0.4) is 0 Å². The highest BCUT2D eigenvalue weighted by Gasteiger charge is 2.47. The molecule has 1 aliphatic heterocycles. The highest BCUT2D eigenvalue weighted by molar-refractivity contribution is 5.98. The van der Waals surface area contributed by atoms with Crippen LogP contribution in [0.2, 0.25) is 0 Å². The molecule has 168 valence electrons. The average Bonchev–Trinajstić information content (AvgIpc) is 3.21. The Bertz CT molecular complexity index is 1090. The highest BCUT2D eigenvalue weighted by Crippen LogP contribution is 2.44. The Morgan fingerprint density at radius 2 is 1.88 bits per heavy atom. The van der Waals surface area contributed by atoms with Crippen LogP contribution < -0.4 is 10.6 Å². The maximum Gasteiger partial charge on any atom is 0.410 e. The zero-order valence-electron chi connectivity index (χ0n) is 17.8. The van der Waals surface area contributed by atoms with Crippen molar-refractivity contribution in [2.75, 3.05) is 5.32 Å². The summed E-state index contributed by atoms with van der Waals surface area (Å²) in [7, 11) is 0. The number of hydrogen-bond acceptors (Lipinski definition) is 4. The lowest BCUT2D eigenvalue weighted by Crippen LogP contribution is -2.36.